The summed E-state index contributed by atoms with van der Waals surface area (Å²) in [5.74, 6) is -2.14. The number of halogens is 3. The van der Waals surface area contributed by atoms with Crippen molar-refractivity contribution < 1.29 is 13.2 Å². The maximum Gasteiger partial charge on any atom is 0.247 e. The Morgan fingerprint density at radius 3 is 2.58 bits per heavy atom. The van der Waals surface area contributed by atoms with Crippen molar-refractivity contribution >= 4 is 5.71 Å². The molecule has 40 heavy (non-hydrogen) atoms. The van der Waals surface area contributed by atoms with Gasteiger partial charge in [0, 0.05) is 41.3 Å². The summed E-state index contributed by atoms with van der Waals surface area (Å²) in [6, 6.07) is 5.28. The van der Waals surface area contributed by atoms with Gasteiger partial charge in [-0.1, -0.05) is 54.5 Å². The number of allylic oxidation sites excluding steroid dienone is 8. The number of rotatable bonds is 9. The predicted molar refractivity (Wildman–Crippen MR) is 157 cm³/mol. The van der Waals surface area contributed by atoms with Gasteiger partial charge in [-0.2, -0.15) is 0 Å². The highest BCUT2D eigenvalue weighted by atomic mass is 19.3. The number of benzene rings is 1. The van der Waals surface area contributed by atoms with Crippen molar-refractivity contribution in [1.82, 2.24) is 10.4 Å². The number of hydrogen-bond donors (Lipinski definition) is 1. The molecule has 1 unspecified atom stereocenters. The van der Waals surface area contributed by atoms with Crippen LogP contribution in [0, 0.1) is 24.6 Å². The van der Waals surface area contributed by atoms with Gasteiger partial charge in [-0.15, -0.1) is 0 Å². The number of hydrazine groups is 1. The first-order valence-electron chi connectivity index (χ1n) is 14.8. The van der Waals surface area contributed by atoms with E-state index in [9.17, 15) is 8.78 Å². The van der Waals surface area contributed by atoms with Gasteiger partial charge in [0.25, 0.3) is 0 Å². The molecule has 2 saturated carbocycles. The molecule has 0 amide bonds. The Bertz CT molecular complexity index is 1330. The fraction of sp³-hybridized carbons (Fsp3) is 0.500. The van der Waals surface area contributed by atoms with Gasteiger partial charge in [0.15, 0.2) is 0 Å². The molecule has 0 bridgehead atoms. The molecule has 1 atom stereocenters. The smallest absolute Gasteiger partial charge is 0.247 e. The van der Waals surface area contributed by atoms with E-state index in [0.29, 0.717) is 17.2 Å². The lowest BCUT2D eigenvalue weighted by Crippen LogP contribution is -2.46. The van der Waals surface area contributed by atoms with Crippen LogP contribution in [-0.2, 0) is 5.41 Å². The topological polar surface area (TPSA) is 27.6 Å². The minimum Gasteiger partial charge on any atom is -0.297 e. The lowest BCUT2D eigenvalue weighted by Gasteiger charge is -2.41. The monoisotopic (exact) mass is 549 g/mol. The third-order valence-electron chi connectivity index (χ3n) is 8.63. The van der Waals surface area contributed by atoms with Crippen LogP contribution in [0.5, 0.6) is 0 Å². The number of nitrogens with zero attached hydrogens (tertiary/aromatic N) is 2. The average Bonchev–Trinajstić information content (AvgIpc) is 3.82. The molecule has 4 aliphatic rings. The molecule has 0 aromatic heterocycles. The van der Waals surface area contributed by atoms with E-state index in [4.69, 9.17) is 4.99 Å². The van der Waals surface area contributed by atoms with E-state index in [2.05, 4.69) is 48.6 Å². The van der Waals surface area contributed by atoms with Gasteiger partial charge in [0.1, 0.15) is 5.82 Å². The highest BCUT2D eigenvalue weighted by Crippen LogP contribution is 2.55. The quantitative estimate of drug-likeness (QED) is 0.333. The van der Waals surface area contributed by atoms with E-state index in [-0.39, 0.29) is 24.7 Å². The minimum absolute atomic E-state index is 0.0183. The largest absolute Gasteiger partial charge is 0.297 e. The summed E-state index contributed by atoms with van der Waals surface area (Å²) in [6.45, 7) is 9.29. The van der Waals surface area contributed by atoms with E-state index in [0.717, 1.165) is 55.3 Å². The average molecular weight is 550 g/mol. The zero-order valence-corrected chi connectivity index (χ0v) is 24.5. The van der Waals surface area contributed by atoms with Crippen LogP contribution in [0.3, 0.4) is 0 Å². The van der Waals surface area contributed by atoms with Gasteiger partial charge >= 0.3 is 0 Å². The molecule has 1 aromatic rings. The van der Waals surface area contributed by atoms with Crippen LogP contribution in [0.4, 0.5) is 13.2 Å². The second kappa shape index (κ2) is 11.1. The first kappa shape index (κ1) is 28.5. The maximum absolute atomic E-state index is 15.2. The molecule has 1 aromatic carbocycles. The van der Waals surface area contributed by atoms with Crippen molar-refractivity contribution in [2.24, 2.45) is 16.8 Å². The first-order chi connectivity index (χ1) is 19.1. The molecule has 3 nitrogen and oxygen atoms in total. The number of hydrogen-bond acceptors (Lipinski definition) is 3. The summed E-state index contributed by atoms with van der Waals surface area (Å²) in [6.07, 6.45) is 16.4. The Morgan fingerprint density at radius 1 is 1.23 bits per heavy atom. The number of alkyl halides is 2. The molecule has 214 valence electrons. The Labute approximate surface area is 237 Å². The van der Waals surface area contributed by atoms with Gasteiger partial charge < -0.3 is 0 Å². The summed E-state index contributed by atoms with van der Waals surface area (Å²) in [7, 11) is 0. The normalized spacial score (nSPS) is 25.0. The summed E-state index contributed by atoms with van der Waals surface area (Å²) >= 11 is 0. The van der Waals surface area contributed by atoms with Crippen LogP contribution in [0.2, 0.25) is 0 Å². The van der Waals surface area contributed by atoms with Crippen molar-refractivity contribution in [3.05, 3.63) is 93.8 Å². The zero-order chi connectivity index (χ0) is 28.7. The summed E-state index contributed by atoms with van der Waals surface area (Å²) in [5, 5.41) is 2.10. The third kappa shape index (κ3) is 5.87. The van der Waals surface area contributed by atoms with Gasteiger partial charge in [-0.25, -0.2) is 13.2 Å². The fourth-order valence-electron chi connectivity index (χ4n) is 6.16. The Hall–Kier alpha value is -3.02. The van der Waals surface area contributed by atoms with Crippen LogP contribution in [0.25, 0.3) is 0 Å². The van der Waals surface area contributed by atoms with E-state index in [1.165, 1.54) is 24.0 Å². The second-order valence-corrected chi connectivity index (χ2v) is 12.0. The minimum atomic E-state index is -2.79. The highest BCUT2D eigenvalue weighted by Gasteiger charge is 2.51. The van der Waals surface area contributed by atoms with Crippen molar-refractivity contribution in [3.8, 4) is 0 Å². The first-order valence-corrected chi connectivity index (χ1v) is 14.8. The van der Waals surface area contributed by atoms with Crippen LogP contribution in [0.15, 0.2) is 81.8 Å². The molecule has 6 heteroatoms. The summed E-state index contributed by atoms with van der Waals surface area (Å²) in [5.41, 5.74) is 11.3. The molecule has 3 aliphatic carbocycles. The Kier molecular flexibility index (Phi) is 7.91. The molecule has 1 aliphatic heterocycles. The van der Waals surface area contributed by atoms with E-state index in [1.54, 1.807) is 12.1 Å². The molecule has 0 radical (unpaired) electrons. The molecule has 1 N–H and O–H groups in total. The van der Waals surface area contributed by atoms with E-state index in [1.807, 2.05) is 26.0 Å². The molecular formula is C34H42F3N3. The summed E-state index contributed by atoms with van der Waals surface area (Å²) < 4.78 is 42.7. The Balaban J connectivity index is 1.55. The van der Waals surface area contributed by atoms with Crippen LogP contribution in [-0.4, -0.2) is 23.2 Å². The lowest BCUT2D eigenvalue weighted by atomic mass is 9.85. The van der Waals surface area contributed by atoms with Crippen LogP contribution < -0.4 is 5.43 Å². The third-order valence-corrected chi connectivity index (χ3v) is 8.63. The van der Waals surface area contributed by atoms with Gasteiger partial charge in [0.2, 0.25) is 5.92 Å². The molecule has 2 fully saturated rings. The van der Waals surface area contributed by atoms with Crippen molar-refractivity contribution in [1.29, 1.82) is 0 Å². The van der Waals surface area contributed by atoms with Gasteiger partial charge in [0.05, 0.1) is 11.4 Å². The zero-order valence-electron chi connectivity index (χ0n) is 24.5. The SMILES string of the molecule is C/C=C(/C1C=CC(C2CC2)=C(C)C1)N1NC(C2(c3cc(C)ccc3F)CC2)=CC(=NCCC(C)(F)F)/C1=C/CC. The van der Waals surface area contributed by atoms with Crippen LogP contribution in [0.1, 0.15) is 83.8 Å². The van der Waals surface area contributed by atoms with Crippen molar-refractivity contribution in [2.75, 3.05) is 6.54 Å². The maximum atomic E-state index is 15.2. The van der Waals surface area contributed by atoms with Gasteiger partial charge in [-0.05, 0) is 89.9 Å². The molecule has 0 spiro atoms. The van der Waals surface area contributed by atoms with E-state index >= 15 is 4.39 Å². The van der Waals surface area contributed by atoms with Crippen LogP contribution >= 0.6 is 0 Å². The number of nitrogens with one attached hydrogen (secondary N) is 1. The number of aliphatic imine (C=N–C) groups is 1. The lowest BCUT2D eigenvalue weighted by molar-refractivity contribution is 0.0158. The Morgan fingerprint density at radius 2 is 1.98 bits per heavy atom. The molecule has 5 rings (SSSR count). The molecule has 1 heterocycles. The number of aryl methyl sites for hydroxylation is 1. The standard InChI is InChI=1S/C34H42F3N3/c1-6-8-31-29(38-18-17-33(5,36)37)21-32(34(15-16-34)27-19-22(3)9-14-28(27)35)39-40(31)30(7-2)25-12-13-26(23(4)20-25)24-10-11-24/h7-9,12-14,19,21,24-25,39H,6,10-11,15-18,20H2,1-5H3/b30-7-,31-8-,38-29?. The van der Waals surface area contributed by atoms with Crippen molar-refractivity contribution in [2.45, 2.75) is 90.9 Å². The van der Waals surface area contributed by atoms with E-state index < -0.39 is 11.3 Å². The molecule has 0 saturated heterocycles. The van der Waals surface area contributed by atoms with Gasteiger partial charge in [-0.3, -0.25) is 15.4 Å². The fourth-order valence-corrected chi connectivity index (χ4v) is 6.16. The second-order valence-electron chi connectivity index (χ2n) is 12.0. The molecular weight excluding hydrogens is 507 g/mol. The highest BCUT2D eigenvalue weighted by molar-refractivity contribution is 6.09. The van der Waals surface area contributed by atoms with Crippen molar-refractivity contribution in [3.63, 3.8) is 0 Å². The summed E-state index contributed by atoms with van der Waals surface area (Å²) in [4.78, 5) is 4.73. The predicted octanol–water partition coefficient (Wildman–Crippen LogP) is 8.86.